The van der Waals surface area contributed by atoms with Crippen LogP contribution in [0.3, 0.4) is 0 Å². The maximum atomic E-state index is 0. The summed E-state index contributed by atoms with van der Waals surface area (Å²) >= 11 is 0. The second kappa shape index (κ2) is 24.0. The minimum atomic E-state index is 0. The third-order valence-corrected chi connectivity index (χ3v) is 0. The van der Waals surface area contributed by atoms with Crippen LogP contribution in [0.2, 0.25) is 0 Å². The Hall–Kier alpha value is 4.27. The van der Waals surface area contributed by atoms with Crippen LogP contribution in [0.25, 0.3) is 0 Å². The minimum Gasteiger partial charge on any atom is 0 e. The molecule has 0 aliphatic carbocycles. The number of hydrogen-bond donors (Lipinski definition) is 0. The van der Waals surface area contributed by atoms with E-state index in [9.17, 15) is 0 Å². The van der Waals surface area contributed by atoms with E-state index >= 15 is 0 Å². The van der Waals surface area contributed by atoms with Crippen LogP contribution in [-0.4, -0.2) is 8.41 Å². The molecule has 0 aromatic rings. The number of hydrogen-bond acceptors (Lipinski definition) is 0. The van der Waals surface area contributed by atoms with E-state index in [2.05, 4.69) is 0 Å². The molecule has 5 heavy (non-hydrogen) atoms. The van der Waals surface area contributed by atoms with Gasteiger partial charge in [0.2, 0.25) is 0 Å². The van der Waals surface area contributed by atoms with Crippen LogP contribution in [-0.2, 0) is 0 Å². The summed E-state index contributed by atoms with van der Waals surface area (Å²) in [5, 5.41) is 0. The summed E-state index contributed by atoms with van der Waals surface area (Å²) < 4.78 is 0. The molecule has 0 aromatic heterocycles. The molecule has 5 heteroatoms. The smallest absolute Gasteiger partial charge is 0 e. The predicted octanol–water partition coefficient (Wildman–Crippen LogP) is -0.381. The zero-order valence-corrected chi connectivity index (χ0v) is 19.2. The van der Waals surface area contributed by atoms with Gasteiger partial charge in [-0.1, -0.05) is 0 Å². The Morgan fingerprint density at radius 1 is 0.400 bits per heavy atom. The monoisotopic (exact) mass is 963 g/mol. The summed E-state index contributed by atoms with van der Waals surface area (Å²) in [5.74, 6) is 0. The summed E-state index contributed by atoms with van der Waals surface area (Å²) in [6, 6.07) is 0. The molecule has 0 nitrogen and oxygen atoms in total. The summed E-state index contributed by atoms with van der Waals surface area (Å²) in [5.41, 5.74) is 0. The van der Waals surface area contributed by atoms with Gasteiger partial charge in [0.25, 0.3) is 0 Å². The van der Waals surface area contributed by atoms with Gasteiger partial charge in [0.15, 0.2) is 0 Å². The second-order valence-corrected chi connectivity index (χ2v) is 0. The van der Waals surface area contributed by atoms with E-state index in [4.69, 9.17) is 0 Å². The fourth-order valence-electron chi connectivity index (χ4n) is 0. The molecule has 0 unspecified atom stereocenters. The molecule has 0 aromatic carbocycles. The summed E-state index contributed by atoms with van der Waals surface area (Å²) in [4.78, 5) is 0. The topological polar surface area (TPSA) is 0 Å². The van der Waals surface area contributed by atoms with E-state index in [1.807, 2.05) is 0 Å². The van der Waals surface area contributed by atoms with Crippen molar-refractivity contribution >= 4 is 8.41 Å². The first-order valence-corrected chi connectivity index (χ1v) is 0. The molecule has 0 N–H and O–H groups in total. The Labute approximate surface area is 129 Å². The van der Waals surface area contributed by atoms with Crippen molar-refractivity contribution in [3.05, 3.63) is 0 Å². The molecule has 0 heterocycles. The Kier molecular flexibility index (Phi) is 167. The van der Waals surface area contributed by atoms with Gasteiger partial charge in [-0.25, -0.2) is 0 Å². The van der Waals surface area contributed by atoms with Gasteiger partial charge < -0.3 is 0 Å². The molecule has 0 saturated carbocycles. The Morgan fingerprint density at radius 3 is 0.400 bits per heavy atom. The fourth-order valence-corrected chi connectivity index (χ4v) is 0. The van der Waals surface area contributed by atoms with Gasteiger partial charge in [-0.05, 0) is 0 Å². The predicted molar refractivity (Wildman–Crippen MR) is 5.75 cm³/mol. The van der Waals surface area contributed by atoms with Crippen molar-refractivity contribution in [3.8, 4) is 0 Å². The molecular formula is BU4. The van der Waals surface area contributed by atoms with Gasteiger partial charge in [-0.2, -0.15) is 0 Å². The maximum Gasteiger partial charge on any atom is 0 e. The van der Waals surface area contributed by atoms with Gasteiger partial charge in [0.1, 0.15) is 0 Å². The molecule has 0 rings (SSSR count). The van der Waals surface area contributed by atoms with Crippen molar-refractivity contribution in [1.82, 2.24) is 0 Å². The first-order valence-electron chi connectivity index (χ1n) is 0. The summed E-state index contributed by atoms with van der Waals surface area (Å²) in [7, 11) is 0. The van der Waals surface area contributed by atoms with Crippen LogP contribution < -0.4 is 0 Å². The Bertz CT molecular complexity index is 3.61. The molecular weight excluding hydrogens is 963 g/mol. The molecule has 0 atom stereocenters. The maximum absolute atomic E-state index is 0. The third-order valence-electron chi connectivity index (χ3n) is 0. The third kappa shape index (κ3) is 17.8. The largest absolute Gasteiger partial charge is 0 e. The average molecular weight is 963 g/mol. The standard InChI is InChI=1S/B.4U. The molecule has 0 amide bonds. The van der Waals surface area contributed by atoms with E-state index in [-0.39, 0.29) is 133 Å². The van der Waals surface area contributed by atoms with E-state index in [0.29, 0.717) is 0 Å². The van der Waals surface area contributed by atoms with Crippen molar-refractivity contribution in [2.24, 2.45) is 0 Å². The fraction of sp³-hybridized carbons (Fsp3) is 0. The molecule has 0 bridgehead atoms. The second-order valence-electron chi connectivity index (χ2n) is 0. The van der Waals surface area contributed by atoms with Gasteiger partial charge in [-0.15, -0.1) is 0 Å². The van der Waals surface area contributed by atoms with Gasteiger partial charge in [0, 0.05) is 133 Å². The quantitative estimate of drug-likeness (QED) is 0.291. The zero-order chi connectivity index (χ0) is 0. The van der Waals surface area contributed by atoms with E-state index < -0.39 is 0 Å². The van der Waals surface area contributed by atoms with Crippen molar-refractivity contribution < 1.29 is 124 Å². The average Bonchev–Trinajstić information content (AvgIpc) is 0. The van der Waals surface area contributed by atoms with Crippen LogP contribution in [0.4, 0.5) is 0 Å². The Balaban J connectivity index is 0. The van der Waals surface area contributed by atoms with Crippen LogP contribution in [0.15, 0.2) is 0 Å². The summed E-state index contributed by atoms with van der Waals surface area (Å²) in [6.07, 6.45) is 0. The van der Waals surface area contributed by atoms with Crippen molar-refractivity contribution in [2.75, 3.05) is 0 Å². The molecule has 0 fully saturated rings. The molecule has 0 spiro atoms. The van der Waals surface area contributed by atoms with Gasteiger partial charge in [-0.3, -0.25) is 0 Å². The first kappa shape index (κ1) is 34.8. The minimum absolute atomic E-state index is 0. The van der Waals surface area contributed by atoms with Crippen molar-refractivity contribution in [2.45, 2.75) is 0 Å². The first-order chi connectivity index (χ1) is 0. The van der Waals surface area contributed by atoms with E-state index in [1.165, 1.54) is 0 Å². The van der Waals surface area contributed by atoms with Crippen LogP contribution >= 0.6 is 0 Å². The summed E-state index contributed by atoms with van der Waals surface area (Å²) in [6.45, 7) is 0. The van der Waals surface area contributed by atoms with Crippen LogP contribution in [0.1, 0.15) is 0 Å². The molecule has 19 valence electrons. The zero-order valence-electron chi connectivity index (χ0n) is 2.58. The molecule has 0 aliphatic heterocycles. The van der Waals surface area contributed by atoms with Crippen LogP contribution in [0, 0.1) is 124 Å². The van der Waals surface area contributed by atoms with E-state index in [0.717, 1.165) is 0 Å². The molecule has 3 radical (unpaired) electrons. The number of rotatable bonds is 0. The van der Waals surface area contributed by atoms with Crippen LogP contribution in [0.5, 0.6) is 0 Å². The Morgan fingerprint density at radius 2 is 0.400 bits per heavy atom. The van der Waals surface area contributed by atoms with E-state index in [1.54, 1.807) is 0 Å². The van der Waals surface area contributed by atoms with Gasteiger partial charge >= 0.3 is 0 Å². The van der Waals surface area contributed by atoms with Crippen molar-refractivity contribution in [1.29, 1.82) is 0 Å². The normalized spacial score (nSPS) is 0. The van der Waals surface area contributed by atoms with Gasteiger partial charge in [0.05, 0.1) is 0 Å². The molecule has 0 aliphatic rings. The SMILES string of the molecule is [B].[U].[U].[U].[U]. The molecule has 0 saturated heterocycles. The van der Waals surface area contributed by atoms with Crippen molar-refractivity contribution in [3.63, 3.8) is 0 Å².